The number of nitriles is 1. The van der Waals surface area contributed by atoms with Crippen LogP contribution in [0.1, 0.15) is 36.6 Å². The Morgan fingerprint density at radius 2 is 1.82 bits per heavy atom. The molecule has 0 aliphatic rings. The van der Waals surface area contributed by atoms with Crippen LogP contribution in [-0.4, -0.2) is 35.6 Å². The molecule has 2 aromatic heterocycles. The van der Waals surface area contributed by atoms with Crippen molar-refractivity contribution in [3.8, 4) is 28.8 Å². The standard InChI is InChI=1S/C29H28N4O4S/c1-4-5-9-25-26(33(3)22-8-6-7-20(16-22)17-30)27(34)28(29(35)32-25)38(36,37)23-12-10-21(11-13-23)24-14-15-31-18-19(24)2/h6-8,10-16,18H,4-5,9H2,1-3H3,(H2,32,34,35). The average molecular weight is 529 g/mol. The molecular formula is C29H28N4O4S. The molecule has 0 aliphatic carbocycles. The van der Waals surface area contributed by atoms with E-state index in [1.54, 1.807) is 60.7 Å². The summed E-state index contributed by atoms with van der Waals surface area (Å²) < 4.78 is 27.4. The lowest BCUT2D eigenvalue weighted by Gasteiger charge is -2.25. The summed E-state index contributed by atoms with van der Waals surface area (Å²) in [6, 6.07) is 16.9. The van der Waals surface area contributed by atoms with Crippen molar-refractivity contribution in [3.05, 3.63) is 83.8 Å². The molecule has 38 heavy (non-hydrogen) atoms. The average Bonchev–Trinajstić information content (AvgIpc) is 2.91. The van der Waals surface area contributed by atoms with Gasteiger partial charge in [0.15, 0.2) is 10.6 Å². The zero-order valence-electron chi connectivity index (χ0n) is 21.4. The minimum Gasteiger partial charge on any atom is -0.504 e. The summed E-state index contributed by atoms with van der Waals surface area (Å²) in [7, 11) is -2.70. The van der Waals surface area contributed by atoms with E-state index in [2.05, 4.69) is 16.0 Å². The Kier molecular flexibility index (Phi) is 7.65. The summed E-state index contributed by atoms with van der Waals surface area (Å²) in [5, 5.41) is 31.5. The summed E-state index contributed by atoms with van der Waals surface area (Å²) in [6.45, 7) is 3.91. The van der Waals surface area contributed by atoms with Crippen LogP contribution in [0.25, 0.3) is 11.1 Å². The number of pyridine rings is 2. The molecular weight excluding hydrogens is 500 g/mol. The highest BCUT2D eigenvalue weighted by Crippen LogP contribution is 2.45. The number of anilines is 2. The van der Waals surface area contributed by atoms with Crippen molar-refractivity contribution >= 4 is 21.2 Å². The molecule has 0 atom stereocenters. The van der Waals surface area contributed by atoms with Gasteiger partial charge in [-0.3, -0.25) is 4.98 Å². The minimum atomic E-state index is -4.35. The molecule has 2 N–H and O–H groups in total. The number of aromatic hydroxyl groups is 2. The quantitative estimate of drug-likeness (QED) is 0.299. The molecule has 4 aromatic rings. The second-order valence-corrected chi connectivity index (χ2v) is 10.8. The fourth-order valence-electron chi connectivity index (χ4n) is 4.34. The second kappa shape index (κ2) is 10.9. The van der Waals surface area contributed by atoms with Crippen LogP contribution < -0.4 is 4.90 Å². The van der Waals surface area contributed by atoms with E-state index < -0.39 is 26.4 Å². The third-order valence-corrected chi connectivity index (χ3v) is 8.19. The lowest BCUT2D eigenvalue weighted by molar-refractivity contribution is 0.405. The Bertz CT molecular complexity index is 1630. The fraction of sp³-hybridized carbons (Fsp3) is 0.207. The topological polar surface area (TPSA) is 127 Å². The molecule has 0 aliphatic heterocycles. The first kappa shape index (κ1) is 26.6. The van der Waals surface area contributed by atoms with Crippen LogP contribution in [0.4, 0.5) is 11.4 Å². The van der Waals surface area contributed by atoms with E-state index in [9.17, 15) is 23.9 Å². The molecule has 4 rings (SSSR count). The highest BCUT2D eigenvalue weighted by atomic mass is 32.2. The van der Waals surface area contributed by atoms with Crippen LogP contribution in [0.15, 0.2) is 76.8 Å². The number of hydrogen-bond acceptors (Lipinski definition) is 8. The van der Waals surface area contributed by atoms with Crippen LogP contribution in [0.3, 0.4) is 0 Å². The summed E-state index contributed by atoms with van der Waals surface area (Å²) in [5.41, 5.74) is 4.16. The van der Waals surface area contributed by atoms with Crippen molar-refractivity contribution in [3.63, 3.8) is 0 Å². The number of hydrogen-bond donors (Lipinski definition) is 2. The van der Waals surface area contributed by atoms with Crippen LogP contribution >= 0.6 is 0 Å². The number of sulfone groups is 1. The highest BCUT2D eigenvalue weighted by Gasteiger charge is 2.32. The lowest BCUT2D eigenvalue weighted by atomic mass is 10.0. The molecule has 9 heteroatoms. The Hall–Kier alpha value is -4.42. The molecule has 0 unspecified atom stereocenters. The van der Waals surface area contributed by atoms with Gasteiger partial charge in [-0.25, -0.2) is 13.4 Å². The normalized spacial score (nSPS) is 11.2. The fourth-order valence-corrected chi connectivity index (χ4v) is 5.71. The van der Waals surface area contributed by atoms with Gasteiger partial charge in [0.25, 0.3) is 0 Å². The smallest absolute Gasteiger partial charge is 0.234 e. The van der Waals surface area contributed by atoms with E-state index in [0.29, 0.717) is 29.8 Å². The number of rotatable bonds is 8. The third-order valence-electron chi connectivity index (χ3n) is 6.39. The van der Waals surface area contributed by atoms with Gasteiger partial charge in [-0.1, -0.05) is 31.5 Å². The van der Waals surface area contributed by atoms with E-state index in [-0.39, 0.29) is 10.6 Å². The van der Waals surface area contributed by atoms with Crippen LogP contribution in [0.5, 0.6) is 11.6 Å². The van der Waals surface area contributed by atoms with E-state index in [1.165, 1.54) is 12.1 Å². The Labute approximate surface area is 222 Å². The second-order valence-electron chi connectivity index (χ2n) is 8.95. The van der Waals surface area contributed by atoms with Crippen molar-refractivity contribution in [1.29, 1.82) is 5.26 Å². The first-order chi connectivity index (χ1) is 18.2. The van der Waals surface area contributed by atoms with Gasteiger partial charge in [0.05, 0.1) is 22.2 Å². The first-order valence-corrected chi connectivity index (χ1v) is 13.6. The molecule has 0 fully saturated rings. The molecule has 8 nitrogen and oxygen atoms in total. The van der Waals surface area contributed by atoms with Gasteiger partial charge in [0.2, 0.25) is 15.7 Å². The molecule has 0 spiro atoms. The van der Waals surface area contributed by atoms with Crippen LogP contribution in [0, 0.1) is 18.3 Å². The highest BCUT2D eigenvalue weighted by molar-refractivity contribution is 7.91. The van der Waals surface area contributed by atoms with Gasteiger partial charge in [-0.2, -0.15) is 5.26 Å². The molecule has 0 saturated heterocycles. The van der Waals surface area contributed by atoms with Gasteiger partial charge in [0, 0.05) is 25.1 Å². The van der Waals surface area contributed by atoms with E-state index in [1.807, 2.05) is 19.9 Å². The number of aromatic nitrogens is 2. The monoisotopic (exact) mass is 528 g/mol. The van der Waals surface area contributed by atoms with Gasteiger partial charge in [0.1, 0.15) is 5.69 Å². The van der Waals surface area contributed by atoms with Crippen molar-refractivity contribution in [1.82, 2.24) is 9.97 Å². The maximum atomic E-state index is 13.7. The summed E-state index contributed by atoms with van der Waals surface area (Å²) in [5.74, 6) is -1.35. The Morgan fingerprint density at radius 3 is 2.47 bits per heavy atom. The number of aryl methyl sites for hydroxylation is 2. The number of benzene rings is 2. The largest absolute Gasteiger partial charge is 0.504 e. The SMILES string of the molecule is CCCCc1nc(O)c(S(=O)(=O)c2ccc(-c3ccncc3C)cc2)c(O)c1N(C)c1cccc(C#N)c1. The van der Waals surface area contributed by atoms with Crippen molar-refractivity contribution in [2.75, 3.05) is 11.9 Å². The minimum absolute atomic E-state index is 0.0956. The number of unbranched alkanes of at least 4 members (excludes halogenated alkanes) is 1. The summed E-state index contributed by atoms with van der Waals surface area (Å²) in [6.07, 6.45) is 5.35. The Balaban J connectivity index is 1.84. The molecule has 2 heterocycles. The molecule has 0 amide bonds. The molecule has 0 saturated carbocycles. The van der Waals surface area contributed by atoms with Gasteiger partial charge < -0.3 is 15.1 Å². The van der Waals surface area contributed by atoms with Gasteiger partial charge >= 0.3 is 0 Å². The zero-order chi connectivity index (χ0) is 27.4. The number of nitrogens with zero attached hydrogens (tertiary/aromatic N) is 4. The van der Waals surface area contributed by atoms with Gasteiger partial charge in [-0.05, 0) is 72.9 Å². The van der Waals surface area contributed by atoms with Crippen molar-refractivity contribution in [2.24, 2.45) is 0 Å². The van der Waals surface area contributed by atoms with E-state index in [4.69, 9.17) is 0 Å². The summed E-state index contributed by atoms with van der Waals surface area (Å²) >= 11 is 0. The predicted octanol–water partition coefficient (Wildman–Crippen LogP) is 5.68. The zero-order valence-corrected chi connectivity index (χ0v) is 22.2. The van der Waals surface area contributed by atoms with Crippen molar-refractivity contribution < 1.29 is 18.6 Å². The molecule has 0 bridgehead atoms. The summed E-state index contributed by atoms with van der Waals surface area (Å²) in [4.78, 5) is 9.15. The first-order valence-electron chi connectivity index (χ1n) is 12.1. The predicted molar refractivity (Wildman–Crippen MR) is 145 cm³/mol. The van der Waals surface area contributed by atoms with Crippen molar-refractivity contribution in [2.45, 2.75) is 42.9 Å². The van der Waals surface area contributed by atoms with Crippen LogP contribution in [-0.2, 0) is 16.3 Å². The molecule has 0 radical (unpaired) electrons. The Morgan fingerprint density at radius 1 is 1.08 bits per heavy atom. The van der Waals surface area contributed by atoms with E-state index >= 15 is 0 Å². The lowest BCUT2D eigenvalue weighted by Crippen LogP contribution is -2.16. The van der Waals surface area contributed by atoms with E-state index in [0.717, 1.165) is 23.1 Å². The molecule has 2 aromatic carbocycles. The molecule has 194 valence electrons. The van der Waals surface area contributed by atoms with Gasteiger partial charge in [-0.15, -0.1) is 0 Å². The maximum Gasteiger partial charge on any atom is 0.234 e. The van der Waals surface area contributed by atoms with Crippen LogP contribution in [0.2, 0.25) is 0 Å². The third kappa shape index (κ3) is 5.04. The maximum absolute atomic E-state index is 13.7.